The van der Waals surface area contributed by atoms with E-state index in [1.54, 1.807) is 0 Å². The second-order valence-corrected chi connectivity index (χ2v) is 8.70. The third-order valence-corrected chi connectivity index (χ3v) is 5.99. The zero-order valence-electron chi connectivity index (χ0n) is 21.0. The molecule has 1 aromatic rings. The van der Waals surface area contributed by atoms with Crippen molar-refractivity contribution in [1.82, 2.24) is 15.5 Å². The molecule has 1 aliphatic rings. The van der Waals surface area contributed by atoms with E-state index in [-0.39, 0.29) is 11.6 Å². The lowest BCUT2D eigenvalue weighted by molar-refractivity contribution is -0.00255. The van der Waals surface area contributed by atoms with Gasteiger partial charge in [-0.3, -0.25) is 4.99 Å². The molecule has 32 heavy (non-hydrogen) atoms. The maximum atomic E-state index is 5.98. The van der Waals surface area contributed by atoms with Gasteiger partial charge in [-0.25, -0.2) is 0 Å². The van der Waals surface area contributed by atoms with Crippen LogP contribution in [0, 0.1) is 0 Å². The predicted octanol–water partition coefficient (Wildman–Crippen LogP) is 3.99. The van der Waals surface area contributed by atoms with Crippen LogP contribution < -0.4 is 20.1 Å². The van der Waals surface area contributed by atoms with Gasteiger partial charge in [0.2, 0.25) is 0 Å². The number of rotatable bonds is 12. The lowest BCUT2D eigenvalue weighted by atomic mass is 9.89. The third kappa shape index (κ3) is 7.55. The fraction of sp³-hybridized carbons (Fsp3) is 0.720. The Hall–Kier alpha value is -1.99. The monoisotopic (exact) mass is 448 g/mol. The molecule has 0 saturated carbocycles. The van der Waals surface area contributed by atoms with Gasteiger partial charge in [-0.05, 0) is 71.3 Å². The highest BCUT2D eigenvalue weighted by molar-refractivity contribution is 5.80. The molecule has 1 fully saturated rings. The number of hydrogen-bond acceptors (Lipinski definition) is 5. The van der Waals surface area contributed by atoms with Gasteiger partial charge in [-0.2, -0.15) is 0 Å². The van der Waals surface area contributed by atoms with Gasteiger partial charge >= 0.3 is 0 Å². The molecule has 0 radical (unpaired) electrons. The van der Waals surface area contributed by atoms with Gasteiger partial charge in [0, 0.05) is 25.3 Å². The molecule has 0 bridgehead atoms. The highest BCUT2D eigenvalue weighted by Gasteiger charge is 2.34. The van der Waals surface area contributed by atoms with E-state index in [0.717, 1.165) is 75.0 Å². The first-order valence-corrected chi connectivity index (χ1v) is 12.1. The first-order valence-electron chi connectivity index (χ1n) is 12.1. The van der Waals surface area contributed by atoms with Crippen molar-refractivity contribution >= 4 is 5.96 Å². The van der Waals surface area contributed by atoms with Crippen LogP contribution >= 0.6 is 0 Å². The van der Waals surface area contributed by atoms with E-state index in [2.05, 4.69) is 69.5 Å². The van der Waals surface area contributed by atoms with Gasteiger partial charge < -0.3 is 29.7 Å². The molecule has 7 nitrogen and oxygen atoms in total. The van der Waals surface area contributed by atoms with Gasteiger partial charge in [-0.15, -0.1) is 0 Å². The second kappa shape index (κ2) is 13.5. The molecule has 0 amide bonds. The lowest BCUT2D eigenvalue weighted by Gasteiger charge is -2.41. The van der Waals surface area contributed by atoms with Gasteiger partial charge in [0.05, 0.1) is 25.8 Å². The minimum atomic E-state index is 0.0449. The predicted molar refractivity (Wildman–Crippen MR) is 132 cm³/mol. The molecule has 1 atom stereocenters. The van der Waals surface area contributed by atoms with Crippen molar-refractivity contribution in [2.75, 3.05) is 53.6 Å². The zero-order chi connectivity index (χ0) is 23.4. The van der Waals surface area contributed by atoms with Crippen molar-refractivity contribution in [2.45, 2.75) is 65.0 Å². The minimum absolute atomic E-state index is 0.0449. The highest BCUT2D eigenvalue weighted by atomic mass is 16.5. The van der Waals surface area contributed by atoms with Gasteiger partial charge in [-0.1, -0.05) is 19.9 Å². The number of nitrogens with zero attached hydrogens (tertiary/aromatic N) is 2. The van der Waals surface area contributed by atoms with Crippen LogP contribution in [0.1, 0.15) is 65.0 Å². The fourth-order valence-electron chi connectivity index (χ4n) is 3.78. The molecule has 1 unspecified atom stereocenters. The summed E-state index contributed by atoms with van der Waals surface area (Å²) in [5.74, 6) is 2.45. The largest absolute Gasteiger partial charge is 0.490 e. The molecule has 1 heterocycles. The van der Waals surface area contributed by atoms with Crippen molar-refractivity contribution in [1.29, 1.82) is 0 Å². The van der Waals surface area contributed by atoms with Crippen LogP contribution in [0.15, 0.2) is 23.2 Å². The van der Waals surface area contributed by atoms with E-state index in [9.17, 15) is 0 Å². The Labute approximate surface area is 194 Å². The van der Waals surface area contributed by atoms with E-state index >= 15 is 0 Å². The second-order valence-electron chi connectivity index (χ2n) is 8.70. The van der Waals surface area contributed by atoms with Crippen LogP contribution in [0.25, 0.3) is 0 Å². The summed E-state index contributed by atoms with van der Waals surface area (Å²) in [6.07, 6.45) is 3.92. The SMILES string of the molecule is CCCOc1ccc(C(C)NC(=NCC2(N(C)C)CCOCC2)NCC)cc1OCCC. The summed E-state index contributed by atoms with van der Waals surface area (Å²) >= 11 is 0. The summed E-state index contributed by atoms with van der Waals surface area (Å²) in [6, 6.07) is 6.27. The number of hydrogen-bond donors (Lipinski definition) is 2. The Balaban J connectivity index is 2.15. The van der Waals surface area contributed by atoms with Crippen LogP contribution in [0.4, 0.5) is 0 Å². The number of nitrogens with one attached hydrogen (secondary N) is 2. The maximum absolute atomic E-state index is 5.98. The summed E-state index contributed by atoms with van der Waals surface area (Å²) in [5, 5.41) is 6.97. The van der Waals surface area contributed by atoms with Gasteiger partial charge in [0.25, 0.3) is 0 Å². The zero-order valence-corrected chi connectivity index (χ0v) is 21.0. The van der Waals surface area contributed by atoms with Crippen LogP contribution in [-0.2, 0) is 4.74 Å². The number of ether oxygens (including phenoxy) is 3. The number of guanidine groups is 1. The first kappa shape index (κ1) is 26.3. The number of aliphatic imine (C=N–C) groups is 1. The summed E-state index contributed by atoms with van der Waals surface area (Å²) in [4.78, 5) is 7.27. The Bertz CT molecular complexity index is 702. The molecule has 1 saturated heterocycles. The lowest BCUT2D eigenvalue weighted by Crippen LogP contribution is -2.51. The van der Waals surface area contributed by atoms with Crippen LogP contribution in [0.5, 0.6) is 11.5 Å². The topological polar surface area (TPSA) is 67.4 Å². The molecule has 1 aromatic carbocycles. The van der Waals surface area contributed by atoms with Crippen molar-refractivity contribution in [3.05, 3.63) is 23.8 Å². The van der Waals surface area contributed by atoms with Crippen LogP contribution in [-0.4, -0.2) is 70.0 Å². The van der Waals surface area contributed by atoms with E-state index in [1.807, 2.05) is 6.07 Å². The van der Waals surface area contributed by atoms with Crippen molar-refractivity contribution in [3.8, 4) is 11.5 Å². The minimum Gasteiger partial charge on any atom is -0.490 e. The Kier molecular flexibility index (Phi) is 11.1. The number of likely N-dealkylation sites (N-methyl/N-ethyl adjacent to an activating group) is 1. The molecule has 0 spiro atoms. The fourth-order valence-corrected chi connectivity index (χ4v) is 3.78. The Morgan fingerprint density at radius 2 is 1.75 bits per heavy atom. The molecule has 7 heteroatoms. The third-order valence-electron chi connectivity index (χ3n) is 5.99. The van der Waals surface area contributed by atoms with E-state index in [4.69, 9.17) is 19.2 Å². The molecule has 0 aromatic heterocycles. The molecule has 182 valence electrons. The van der Waals surface area contributed by atoms with Crippen molar-refractivity contribution < 1.29 is 14.2 Å². The van der Waals surface area contributed by atoms with Crippen molar-refractivity contribution in [3.63, 3.8) is 0 Å². The summed E-state index contributed by atoms with van der Waals surface area (Å²) < 4.78 is 17.5. The first-order chi connectivity index (χ1) is 15.5. The molecule has 2 N–H and O–H groups in total. The Morgan fingerprint density at radius 1 is 1.09 bits per heavy atom. The quantitative estimate of drug-likeness (QED) is 0.372. The Morgan fingerprint density at radius 3 is 2.34 bits per heavy atom. The normalized spacial score (nSPS) is 17.2. The van der Waals surface area contributed by atoms with Crippen molar-refractivity contribution in [2.24, 2.45) is 4.99 Å². The van der Waals surface area contributed by atoms with Gasteiger partial charge in [0.1, 0.15) is 0 Å². The van der Waals surface area contributed by atoms with E-state index in [1.165, 1.54) is 0 Å². The maximum Gasteiger partial charge on any atom is 0.191 e. The molecule has 1 aliphatic heterocycles. The van der Waals surface area contributed by atoms with Crippen LogP contribution in [0.3, 0.4) is 0 Å². The molecule has 0 aliphatic carbocycles. The van der Waals surface area contributed by atoms with Gasteiger partial charge in [0.15, 0.2) is 17.5 Å². The summed E-state index contributed by atoms with van der Waals surface area (Å²) in [7, 11) is 4.29. The number of benzene rings is 1. The summed E-state index contributed by atoms with van der Waals surface area (Å²) in [6.45, 7) is 12.9. The van der Waals surface area contributed by atoms with E-state index in [0.29, 0.717) is 13.2 Å². The molecular weight excluding hydrogens is 404 g/mol. The standard InChI is InChI=1S/C25H44N4O3/c1-7-14-31-22-11-10-21(18-23(22)32-15-8-2)20(4)28-24(26-9-3)27-19-25(29(5)6)12-16-30-17-13-25/h10-11,18,20H,7-9,12-17,19H2,1-6H3,(H2,26,27,28). The van der Waals surface area contributed by atoms with Crippen LogP contribution in [0.2, 0.25) is 0 Å². The average Bonchev–Trinajstić information content (AvgIpc) is 2.80. The molecular formula is C25H44N4O3. The smallest absolute Gasteiger partial charge is 0.191 e. The summed E-state index contributed by atoms with van der Waals surface area (Å²) in [5.41, 5.74) is 1.18. The highest BCUT2D eigenvalue weighted by Crippen LogP contribution is 2.31. The van der Waals surface area contributed by atoms with E-state index < -0.39 is 0 Å². The average molecular weight is 449 g/mol. The molecule has 2 rings (SSSR count).